The minimum absolute atomic E-state index is 0.0716. The Bertz CT molecular complexity index is 1450. The van der Waals surface area contributed by atoms with Gasteiger partial charge in [0.15, 0.2) is 0 Å². The Morgan fingerprint density at radius 3 is 1.75 bits per heavy atom. The number of benzene rings is 4. The SMILES string of the molecule is C#Cc1c(Oc2ccc(N)c(O)c2)cc2ccc(Oc3ccc(N)c(O)c3)cc2c1C#C. The molecule has 4 aromatic carbocycles. The van der Waals surface area contributed by atoms with Gasteiger partial charge in [-0.2, -0.15) is 0 Å². The van der Waals surface area contributed by atoms with Gasteiger partial charge in [-0.15, -0.1) is 12.8 Å². The second-order valence-electron chi connectivity index (χ2n) is 6.94. The molecule has 0 aromatic heterocycles. The van der Waals surface area contributed by atoms with Crippen molar-refractivity contribution >= 4 is 22.1 Å². The van der Waals surface area contributed by atoms with E-state index in [0.29, 0.717) is 39.5 Å². The number of phenols is 2. The van der Waals surface area contributed by atoms with Crippen molar-refractivity contribution in [3.05, 3.63) is 71.8 Å². The predicted molar refractivity (Wildman–Crippen MR) is 125 cm³/mol. The number of anilines is 2. The van der Waals surface area contributed by atoms with Gasteiger partial charge in [0, 0.05) is 17.5 Å². The molecule has 4 rings (SSSR count). The molecular weight excluding hydrogens is 404 g/mol. The highest BCUT2D eigenvalue weighted by Gasteiger charge is 2.15. The maximum Gasteiger partial charge on any atom is 0.144 e. The van der Waals surface area contributed by atoms with E-state index in [1.54, 1.807) is 36.4 Å². The fraction of sp³-hybridized carbons (Fsp3) is 0. The van der Waals surface area contributed by atoms with E-state index in [0.717, 1.165) is 5.39 Å². The first-order valence-corrected chi connectivity index (χ1v) is 9.46. The highest BCUT2D eigenvalue weighted by atomic mass is 16.5. The molecule has 0 bridgehead atoms. The Kier molecular flexibility index (Phi) is 5.12. The Hall–Kier alpha value is -4.94. The fourth-order valence-electron chi connectivity index (χ4n) is 3.22. The molecule has 0 spiro atoms. The first-order chi connectivity index (χ1) is 15.4. The van der Waals surface area contributed by atoms with Crippen LogP contribution in [-0.2, 0) is 0 Å². The summed E-state index contributed by atoms with van der Waals surface area (Å²) >= 11 is 0. The van der Waals surface area contributed by atoms with Crippen LogP contribution in [0.15, 0.2) is 60.7 Å². The molecule has 156 valence electrons. The molecule has 4 aromatic rings. The lowest BCUT2D eigenvalue weighted by Crippen LogP contribution is -1.95. The zero-order valence-electron chi connectivity index (χ0n) is 16.8. The van der Waals surface area contributed by atoms with Crippen LogP contribution in [0.1, 0.15) is 11.1 Å². The van der Waals surface area contributed by atoms with Crippen molar-refractivity contribution in [3.63, 3.8) is 0 Å². The zero-order chi connectivity index (χ0) is 22.8. The van der Waals surface area contributed by atoms with Crippen LogP contribution in [0.5, 0.6) is 34.5 Å². The van der Waals surface area contributed by atoms with E-state index < -0.39 is 0 Å². The molecule has 6 N–H and O–H groups in total. The van der Waals surface area contributed by atoms with E-state index in [-0.39, 0.29) is 22.9 Å². The number of phenolic OH excluding ortho intramolecular Hbond substituents is 2. The number of ether oxygens (including phenoxy) is 2. The van der Waals surface area contributed by atoms with E-state index in [1.165, 1.54) is 18.2 Å². The summed E-state index contributed by atoms with van der Waals surface area (Å²) in [6, 6.07) is 16.3. The number of nitrogen functional groups attached to an aromatic ring is 2. The van der Waals surface area contributed by atoms with Crippen LogP contribution in [0.3, 0.4) is 0 Å². The van der Waals surface area contributed by atoms with Gasteiger partial charge in [0.25, 0.3) is 0 Å². The van der Waals surface area contributed by atoms with Crippen molar-refractivity contribution in [2.24, 2.45) is 0 Å². The zero-order valence-corrected chi connectivity index (χ0v) is 16.8. The van der Waals surface area contributed by atoms with Crippen LogP contribution < -0.4 is 20.9 Å². The van der Waals surface area contributed by atoms with Gasteiger partial charge >= 0.3 is 0 Å². The Morgan fingerprint density at radius 1 is 0.656 bits per heavy atom. The Balaban J connectivity index is 1.77. The van der Waals surface area contributed by atoms with Crippen LogP contribution in [0, 0.1) is 24.7 Å². The summed E-state index contributed by atoms with van der Waals surface area (Å²) in [5, 5.41) is 21.1. The van der Waals surface area contributed by atoms with Crippen LogP contribution in [0.2, 0.25) is 0 Å². The second kappa shape index (κ2) is 8.06. The minimum Gasteiger partial charge on any atom is -0.506 e. The summed E-state index contributed by atoms with van der Waals surface area (Å²) in [7, 11) is 0. The van der Waals surface area contributed by atoms with Gasteiger partial charge in [0.2, 0.25) is 0 Å². The number of terminal acetylenes is 2. The molecule has 0 amide bonds. The number of fused-ring (bicyclic) bond motifs is 1. The van der Waals surface area contributed by atoms with E-state index in [9.17, 15) is 10.2 Å². The van der Waals surface area contributed by atoms with Crippen molar-refractivity contribution in [1.29, 1.82) is 0 Å². The smallest absolute Gasteiger partial charge is 0.144 e. The Labute approximate surface area is 184 Å². The standard InChI is InChI=1S/C26H18N2O4/c1-3-19-20(4-2)26(32-18-8-10-23(28)25(30)14-18)11-15-5-6-16(12-21(15)19)31-17-7-9-22(27)24(29)13-17/h1-2,5-14,29-30H,27-28H2. The lowest BCUT2D eigenvalue weighted by Gasteiger charge is -2.14. The van der Waals surface area contributed by atoms with E-state index >= 15 is 0 Å². The average Bonchev–Trinajstić information content (AvgIpc) is 2.78. The van der Waals surface area contributed by atoms with E-state index in [4.69, 9.17) is 33.8 Å². The molecular formula is C26H18N2O4. The van der Waals surface area contributed by atoms with Gasteiger partial charge in [0.1, 0.15) is 34.5 Å². The Morgan fingerprint density at radius 2 is 1.19 bits per heavy atom. The van der Waals surface area contributed by atoms with Crippen molar-refractivity contribution in [1.82, 2.24) is 0 Å². The molecule has 0 heterocycles. The average molecular weight is 422 g/mol. The number of nitrogens with two attached hydrogens (primary N) is 2. The minimum atomic E-state index is -0.0989. The third-order valence-corrected chi connectivity index (χ3v) is 4.83. The highest BCUT2D eigenvalue weighted by Crippen LogP contribution is 2.37. The second-order valence-corrected chi connectivity index (χ2v) is 6.94. The predicted octanol–water partition coefficient (Wildman–Crippen LogP) is 4.96. The first kappa shape index (κ1) is 20.3. The van der Waals surface area contributed by atoms with Gasteiger partial charge in [-0.1, -0.05) is 17.9 Å². The van der Waals surface area contributed by atoms with Crippen molar-refractivity contribution in [2.75, 3.05) is 11.5 Å². The molecule has 6 nitrogen and oxygen atoms in total. The van der Waals surface area contributed by atoms with Crippen molar-refractivity contribution < 1.29 is 19.7 Å². The van der Waals surface area contributed by atoms with Crippen LogP contribution in [0.25, 0.3) is 10.8 Å². The van der Waals surface area contributed by atoms with Crippen molar-refractivity contribution in [3.8, 4) is 59.2 Å². The third-order valence-electron chi connectivity index (χ3n) is 4.83. The highest BCUT2D eigenvalue weighted by molar-refractivity contribution is 5.93. The molecule has 0 atom stereocenters. The van der Waals surface area contributed by atoms with Gasteiger partial charge in [-0.05, 0) is 47.9 Å². The lowest BCUT2D eigenvalue weighted by atomic mass is 9.98. The van der Waals surface area contributed by atoms with Gasteiger partial charge < -0.3 is 31.2 Å². The summed E-state index contributed by atoms with van der Waals surface area (Å²) in [6.45, 7) is 0. The molecule has 0 unspecified atom stereocenters. The van der Waals surface area contributed by atoms with Crippen LogP contribution >= 0.6 is 0 Å². The quantitative estimate of drug-likeness (QED) is 0.210. The summed E-state index contributed by atoms with van der Waals surface area (Å²) in [5.41, 5.74) is 12.6. The topological polar surface area (TPSA) is 111 Å². The van der Waals surface area contributed by atoms with E-state index in [2.05, 4.69) is 11.8 Å². The van der Waals surface area contributed by atoms with Crippen LogP contribution in [0.4, 0.5) is 11.4 Å². The molecule has 6 heteroatoms. The maximum absolute atomic E-state index is 9.85. The fourth-order valence-corrected chi connectivity index (χ4v) is 3.22. The third kappa shape index (κ3) is 3.77. The van der Waals surface area contributed by atoms with Gasteiger partial charge in [0.05, 0.1) is 22.5 Å². The molecule has 0 fully saturated rings. The molecule has 0 saturated heterocycles. The summed E-state index contributed by atoms with van der Waals surface area (Å²) < 4.78 is 11.8. The monoisotopic (exact) mass is 422 g/mol. The number of aromatic hydroxyl groups is 2. The summed E-state index contributed by atoms with van der Waals surface area (Å²) in [5.74, 6) is 6.71. The lowest BCUT2D eigenvalue weighted by molar-refractivity contribution is 0.455. The maximum atomic E-state index is 9.85. The summed E-state index contributed by atoms with van der Waals surface area (Å²) in [4.78, 5) is 0. The molecule has 0 saturated carbocycles. The molecule has 0 radical (unpaired) electrons. The largest absolute Gasteiger partial charge is 0.506 e. The van der Waals surface area contributed by atoms with Gasteiger partial charge in [-0.3, -0.25) is 0 Å². The molecule has 32 heavy (non-hydrogen) atoms. The molecule has 0 aliphatic rings. The number of hydrogen-bond donors (Lipinski definition) is 4. The first-order valence-electron chi connectivity index (χ1n) is 9.46. The van der Waals surface area contributed by atoms with Crippen molar-refractivity contribution in [2.45, 2.75) is 0 Å². The molecule has 0 aliphatic heterocycles. The van der Waals surface area contributed by atoms with E-state index in [1.807, 2.05) is 6.07 Å². The number of hydrogen-bond acceptors (Lipinski definition) is 6. The van der Waals surface area contributed by atoms with Gasteiger partial charge in [-0.25, -0.2) is 0 Å². The molecule has 0 aliphatic carbocycles. The number of rotatable bonds is 4. The normalized spacial score (nSPS) is 10.3. The summed E-state index contributed by atoms with van der Waals surface area (Å²) in [6.07, 6.45) is 11.5. The van der Waals surface area contributed by atoms with Crippen LogP contribution in [-0.4, -0.2) is 10.2 Å².